The number of halogens is 1. The maximum atomic E-state index is 12.8. The van der Waals surface area contributed by atoms with Gasteiger partial charge in [0.1, 0.15) is 5.82 Å². The molecule has 2 rings (SSSR count). The molecule has 1 fully saturated rings. The molecule has 1 aliphatic heterocycles. The Hall–Kier alpha value is -1.62. The van der Waals surface area contributed by atoms with Gasteiger partial charge in [-0.1, -0.05) is 12.1 Å². The summed E-state index contributed by atoms with van der Waals surface area (Å²) < 4.78 is 12.8. The number of nitrogens with one attached hydrogen (secondary N) is 3. The molecule has 0 aromatic heterocycles. The summed E-state index contributed by atoms with van der Waals surface area (Å²) in [6, 6.07) is 6.10. The fourth-order valence-corrected chi connectivity index (χ4v) is 3.45. The fraction of sp³-hybridized carbons (Fsp3) is 0.588. The molecule has 1 aliphatic rings. The van der Waals surface area contributed by atoms with Gasteiger partial charge in [-0.25, -0.2) is 9.18 Å². The second kappa shape index (κ2) is 6.24. The standard InChI is InChI=1S/C17H26FN3O/c1-16(2)9-14(10-17(3,4)21-16)20-15(22)19-11-12-5-7-13(18)8-6-12/h5-8,14,21H,9-11H2,1-4H3,(H2,19,20,22). The zero-order valence-electron chi connectivity index (χ0n) is 13.8. The summed E-state index contributed by atoms with van der Waals surface area (Å²) in [4.78, 5) is 12.1. The van der Waals surface area contributed by atoms with Crippen molar-refractivity contribution in [3.8, 4) is 0 Å². The van der Waals surface area contributed by atoms with Gasteiger partial charge in [-0.3, -0.25) is 0 Å². The molecule has 1 heterocycles. The van der Waals surface area contributed by atoms with E-state index in [1.165, 1.54) is 12.1 Å². The first-order valence-corrected chi connectivity index (χ1v) is 7.73. The minimum Gasteiger partial charge on any atom is -0.335 e. The predicted octanol–water partition coefficient (Wildman–Crippen LogP) is 2.93. The quantitative estimate of drug-likeness (QED) is 0.804. The van der Waals surface area contributed by atoms with Crippen LogP contribution in [-0.4, -0.2) is 23.2 Å². The van der Waals surface area contributed by atoms with Crippen LogP contribution in [0, 0.1) is 5.82 Å². The molecule has 0 aliphatic carbocycles. The van der Waals surface area contributed by atoms with E-state index in [2.05, 4.69) is 43.6 Å². The van der Waals surface area contributed by atoms with E-state index in [9.17, 15) is 9.18 Å². The van der Waals surface area contributed by atoms with Gasteiger partial charge in [0, 0.05) is 23.7 Å². The van der Waals surface area contributed by atoms with E-state index >= 15 is 0 Å². The van der Waals surface area contributed by atoms with Gasteiger partial charge in [-0.15, -0.1) is 0 Å². The minimum atomic E-state index is -0.271. The molecule has 0 bridgehead atoms. The third-order valence-corrected chi connectivity index (χ3v) is 3.89. The van der Waals surface area contributed by atoms with Gasteiger partial charge < -0.3 is 16.0 Å². The van der Waals surface area contributed by atoms with Crippen molar-refractivity contribution < 1.29 is 9.18 Å². The molecule has 1 saturated heterocycles. The van der Waals surface area contributed by atoms with Crippen molar-refractivity contribution in [2.45, 2.75) is 64.2 Å². The Morgan fingerprint density at radius 1 is 1.18 bits per heavy atom. The lowest BCUT2D eigenvalue weighted by molar-refractivity contribution is 0.147. The lowest BCUT2D eigenvalue weighted by Crippen LogP contribution is -2.62. The van der Waals surface area contributed by atoms with Crippen LogP contribution in [0.3, 0.4) is 0 Å². The van der Waals surface area contributed by atoms with Gasteiger partial charge >= 0.3 is 6.03 Å². The molecule has 0 radical (unpaired) electrons. The third kappa shape index (κ3) is 4.98. The van der Waals surface area contributed by atoms with Crippen LogP contribution in [0.2, 0.25) is 0 Å². The average molecular weight is 307 g/mol. The number of urea groups is 1. The van der Waals surface area contributed by atoms with Gasteiger partial charge in [-0.05, 0) is 58.2 Å². The Morgan fingerprint density at radius 2 is 1.73 bits per heavy atom. The van der Waals surface area contributed by atoms with Crippen molar-refractivity contribution in [2.24, 2.45) is 0 Å². The Balaban J connectivity index is 1.85. The molecule has 22 heavy (non-hydrogen) atoms. The summed E-state index contributed by atoms with van der Waals surface area (Å²) >= 11 is 0. The minimum absolute atomic E-state index is 0.00332. The Kier molecular flexibility index (Phi) is 4.75. The molecule has 2 amide bonds. The molecule has 1 aromatic carbocycles. The van der Waals surface area contributed by atoms with Crippen molar-refractivity contribution in [2.75, 3.05) is 0 Å². The lowest BCUT2D eigenvalue weighted by atomic mass is 9.80. The molecule has 5 heteroatoms. The maximum Gasteiger partial charge on any atom is 0.315 e. The highest BCUT2D eigenvalue weighted by molar-refractivity contribution is 5.74. The second-order valence-corrected chi connectivity index (χ2v) is 7.45. The molecular weight excluding hydrogens is 281 g/mol. The van der Waals surface area contributed by atoms with Crippen molar-refractivity contribution in [3.63, 3.8) is 0 Å². The molecule has 0 saturated carbocycles. The summed E-state index contributed by atoms with van der Waals surface area (Å²) in [7, 11) is 0. The van der Waals surface area contributed by atoms with Gasteiger partial charge in [0.05, 0.1) is 0 Å². The topological polar surface area (TPSA) is 53.2 Å². The van der Waals surface area contributed by atoms with Crippen LogP contribution >= 0.6 is 0 Å². The number of piperidine rings is 1. The van der Waals surface area contributed by atoms with Gasteiger partial charge in [-0.2, -0.15) is 0 Å². The van der Waals surface area contributed by atoms with Crippen molar-refractivity contribution in [1.29, 1.82) is 0 Å². The SMILES string of the molecule is CC1(C)CC(NC(=O)NCc2ccc(F)cc2)CC(C)(C)N1. The highest BCUT2D eigenvalue weighted by Gasteiger charge is 2.38. The summed E-state index contributed by atoms with van der Waals surface area (Å²) in [5.74, 6) is -0.271. The van der Waals surface area contributed by atoms with Crippen LogP contribution in [0.4, 0.5) is 9.18 Å². The molecule has 3 N–H and O–H groups in total. The van der Waals surface area contributed by atoms with Gasteiger partial charge in [0.15, 0.2) is 0 Å². The van der Waals surface area contributed by atoms with Crippen molar-refractivity contribution >= 4 is 6.03 Å². The highest BCUT2D eigenvalue weighted by Crippen LogP contribution is 2.28. The first kappa shape index (κ1) is 16.7. The summed E-state index contributed by atoms with van der Waals surface area (Å²) in [6.45, 7) is 9.00. The third-order valence-electron chi connectivity index (χ3n) is 3.89. The van der Waals surface area contributed by atoms with Gasteiger partial charge in [0.25, 0.3) is 0 Å². The predicted molar refractivity (Wildman–Crippen MR) is 86.1 cm³/mol. The first-order valence-electron chi connectivity index (χ1n) is 7.73. The monoisotopic (exact) mass is 307 g/mol. The van der Waals surface area contributed by atoms with Crippen LogP contribution in [0.1, 0.15) is 46.1 Å². The van der Waals surface area contributed by atoms with E-state index < -0.39 is 0 Å². The number of benzene rings is 1. The summed E-state index contributed by atoms with van der Waals surface area (Å²) in [6.07, 6.45) is 1.78. The Bertz CT molecular complexity index is 509. The first-order chi connectivity index (χ1) is 10.2. The number of carbonyl (C=O) groups is 1. The highest BCUT2D eigenvalue weighted by atomic mass is 19.1. The second-order valence-electron chi connectivity index (χ2n) is 7.45. The van der Waals surface area contributed by atoms with Crippen LogP contribution in [0.25, 0.3) is 0 Å². The zero-order valence-corrected chi connectivity index (χ0v) is 13.8. The molecule has 0 unspecified atom stereocenters. The lowest BCUT2D eigenvalue weighted by Gasteiger charge is -2.46. The zero-order chi connectivity index (χ0) is 16.4. The number of hydrogen-bond donors (Lipinski definition) is 3. The molecule has 122 valence electrons. The largest absolute Gasteiger partial charge is 0.335 e. The smallest absolute Gasteiger partial charge is 0.315 e. The summed E-state index contributed by atoms with van der Waals surface area (Å²) in [5.41, 5.74) is 0.871. The molecule has 4 nitrogen and oxygen atoms in total. The van der Waals surface area contributed by atoms with Crippen LogP contribution in [0.15, 0.2) is 24.3 Å². The maximum absolute atomic E-state index is 12.8. The average Bonchev–Trinajstić information content (AvgIpc) is 2.34. The summed E-state index contributed by atoms with van der Waals surface area (Å²) in [5, 5.41) is 9.47. The fourth-order valence-electron chi connectivity index (χ4n) is 3.45. The van der Waals surface area contributed by atoms with E-state index in [4.69, 9.17) is 0 Å². The number of amides is 2. The van der Waals surface area contributed by atoms with E-state index in [1.807, 2.05) is 0 Å². The number of hydrogen-bond acceptors (Lipinski definition) is 2. The van der Waals surface area contributed by atoms with E-state index in [-0.39, 0.29) is 29.0 Å². The molecule has 0 spiro atoms. The van der Waals surface area contributed by atoms with Crippen LogP contribution in [-0.2, 0) is 6.54 Å². The Morgan fingerprint density at radius 3 is 2.27 bits per heavy atom. The normalized spacial score (nSPS) is 20.4. The van der Waals surface area contributed by atoms with E-state index in [0.717, 1.165) is 18.4 Å². The molecule has 0 atom stereocenters. The van der Waals surface area contributed by atoms with E-state index in [0.29, 0.717) is 6.54 Å². The van der Waals surface area contributed by atoms with Crippen molar-refractivity contribution in [1.82, 2.24) is 16.0 Å². The van der Waals surface area contributed by atoms with Gasteiger partial charge in [0.2, 0.25) is 0 Å². The van der Waals surface area contributed by atoms with Crippen LogP contribution < -0.4 is 16.0 Å². The van der Waals surface area contributed by atoms with E-state index in [1.54, 1.807) is 12.1 Å². The number of carbonyl (C=O) groups excluding carboxylic acids is 1. The number of rotatable bonds is 3. The Labute approximate surface area is 131 Å². The molecular formula is C17H26FN3O. The van der Waals surface area contributed by atoms with Crippen molar-refractivity contribution in [3.05, 3.63) is 35.6 Å². The van der Waals surface area contributed by atoms with Crippen LogP contribution in [0.5, 0.6) is 0 Å². The molecule has 1 aromatic rings.